The molecule has 1 heterocycles. The Kier molecular flexibility index (Phi) is 3.12. The van der Waals surface area contributed by atoms with Gasteiger partial charge in [-0.3, -0.25) is 0 Å². The average molecular weight is 318 g/mol. The summed E-state index contributed by atoms with van der Waals surface area (Å²) in [5.74, 6) is -3.22. The van der Waals surface area contributed by atoms with Crippen LogP contribution in [0.15, 0.2) is 16.6 Å². The van der Waals surface area contributed by atoms with Crippen molar-refractivity contribution in [1.82, 2.24) is 14.8 Å². The van der Waals surface area contributed by atoms with E-state index in [-0.39, 0.29) is 16.0 Å². The third kappa shape index (κ3) is 2.10. The summed E-state index contributed by atoms with van der Waals surface area (Å²) in [4.78, 5) is 14.4. The molecule has 0 unspecified atom stereocenters. The zero-order valence-corrected chi connectivity index (χ0v) is 10.6. The molecule has 1 aromatic carbocycles. The van der Waals surface area contributed by atoms with Crippen LogP contribution in [0.5, 0.6) is 0 Å². The summed E-state index contributed by atoms with van der Waals surface area (Å²) in [7, 11) is 0. The summed E-state index contributed by atoms with van der Waals surface area (Å²) in [5.41, 5.74) is -0.0890. The molecular formula is C10H6BrF2N3O2. The van der Waals surface area contributed by atoms with Gasteiger partial charge in [0.1, 0.15) is 17.3 Å². The van der Waals surface area contributed by atoms with Crippen LogP contribution in [-0.4, -0.2) is 25.8 Å². The lowest BCUT2D eigenvalue weighted by molar-refractivity contribution is 0.0683. The van der Waals surface area contributed by atoms with E-state index in [2.05, 4.69) is 26.0 Å². The molecule has 18 heavy (non-hydrogen) atoms. The van der Waals surface area contributed by atoms with Crippen LogP contribution in [0.1, 0.15) is 16.4 Å². The van der Waals surface area contributed by atoms with Gasteiger partial charge in [0.15, 0.2) is 5.82 Å². The molecule has 94 valence electrons. The molecule has 2 rings (SSSR count). The highest BCUT2D eigenvalue weighted by Gasteiger charge is 2.19. The maximum atomic E-state index is 13.7. The molecule has 0 radical (unpaired) electrons. The first kappa shape index (κ1) is 12.6. The summed E-state index contributed by atoms with van der Waals surface area (Å²) >= 11 is 3.00. The van der Waals surface area contributed by atoms with E-state index in [1.807, 2.05) is 0 Å². The van der Waals surface area contributed by atoms with Crippen LogP contribution in [0, 0.1) is 18.6 Å². The first-order valence-corrected chi connectivity index (χ1v) is 5.51. The van der Waals surface area contributed by atoms with Crippen molar-refractivity contribution in [2.45, 2.75) is 6.92 Å². The Morgan fingerprint density at radius 1 is 1.44 bits per heavy atom. The van der Waals surface area contributed by atoms with Crippen molar-refractivity contribution < 1.29 is 18.7 Å². The smallest absolute Gasteiger partial charge is 0.375 e. The van der Waals surface area contributed by atoms with Crippen molar-refractivity contribution in [3.8, 4) is 5.69 Å². The van der Waals surface area contributed by atoms with Gasteiger partial charge in [0.05, 0.1) is 0 Å². The Morgan fingerprint density at radius 3 is 2.61 bits per heavy atom. The molecule has 0 aliphatic heterocycles. The van der Waals surface area contributed by atoms with E-state index in [0.29, 0.717) is 6.07 Å². The first-order valence-electron chi connectivity index (χ1n) is 4.72. The lowest BCUT2D eigenvalue weighted by Gasteiger charge is -2.07. The molecule has 0 atom stereocenters. The van der Waals surface area contributed by atoms with Gasteiger partial charge in [-0.25, -0.2) is 23.2 Å². The van der Waals surface area contributed by atoms with E-state index >= 15 is 0 Å². The number of aromatic nitrogens is 3. The van der Waals surface area contributed by atoms with E-state index in [0.717, 1.165) is 10.7 Å². The van der Waals surface area contributed by atoms with E-state index < -0.39 is 23.4 Å². The molecule has 0 spiro atoms. The van der Waals surface area contributed by atoms with Crippen molar-refractivity contribution in [3.05, 3.63) is 39.9 Å². The fourth-order valence-electron chi connectivity index (χ4n) is 1.43. The molecule has 0 aliphatic rings. The molecule has 0 amide bonds. The second-order valence-electron chi connectivity index (χ2n) is 3.42. The van der Waals surface area contributed by atoms with Gasteiger partial charge >= 0.3 is 5.97 Å². The third-order valence-corrected chi connectivity index (χ3v) is 2.76. The minimum absolute atomic E-state index is 0.0890. The van der Waals surface area contributed by atoms with Gasteiger partial charge in [-0.1, -0.05) is 0 Å². The molecule has 0 fully saturated rings. The zero-order valence-electron chi connectivity index (χ0n) is 8.99. The van der Waals surface area contributed by atoms with Gasteiger partial charge in [0.2, 0.25) is 0 Å². The largest absolute Gasteiger partial charge is 0.475 e. The number of carbonyl (C=O) groups is 1. The van der Waals surface area contributed by atoms with E-state index in [4.69, 9.17) is 5.11 Å². The number of carboxylic acids is 1. The Labute approximate surface area is 108 Å². The topological polar surface area (TPSA) is 68.0 Å². The van der Waals surface area contributed by atoms with E-state index in [1.165, 1.54) is 6.92 Å². The minimum Gasteiger partial charge on any atom is -0.475 e. The number of hydrogen-bond donors (Lipinski definition) is 1. The maximum Gasteiger partial charge on any atom is 0.375 e. The molecule has 2 aromatic rings. The number of aromatic carboxylic acids is 1. The Morgan fingerprint density at radius 2 is 2.11 bits per heavy atom. The molecule has 8 heteroatoms. The van der Waals surface area contributed by atoms with Gasteiger partial charge in [-0.2, -0.15) is 0 Å². The monoisotopic (exact) mass is 317 g/mol. The number of halogens is 3. The predicted octanol–water partition coefficient (Wildman–Crippen LogP) is 2.31. The summed E-state index contributed by atoms with van der Waals surface area (Å²) in [6, 6.07) is 1.74. The number of nitrogens with zero attached hydrogens (tertiary/aromatic N) is 3. The second kappa shape index (κ2) is 4.45. The molecule has 0 aliphatic carbocycles. The van der Waals surface area contributed by atoms with Crippen LogP contribution in [0.3, 0.4) is 0 Å². The predicted molar refractivity (Wildman–Crippen MR) is 60.7 cm³/mol. The van der Waals surface area contributed by atoms with Gasteiger partial charge in [-0.15, -0.1) is 5.10 Å². The molecule has 5 nitrogen and oxygen atoms in total. The lowest BCUT2D eigenvalue weighted by Crippen LogP contribution is -2.05. The molecule has 1 N–H and O–H groups in total. The Balaban J connectivity index is 2.66. The van der Waals surface area contributed by atoms with Crippen molar-refractivity contribution in [1.29, 1.82) is 0 Å². The number of rotatable bonds is 2. The number of carboxylic acid groups (broad SMARTS) is 1. The number of benzene rings is 1. The summed E-state index contributed by atoms with van der Waals surface area (Å²) in [6.45, 7) is 1.47. The number of aryl methyl sites for hydroxylation is 1. The maximum absolute atomic E-state index is 13.7. The highest BCUT2D eigenvalue weighted by molar-refractivity contribution is 9.10. The average Bonchev–Trinajstić information content (AvgIpc) is 2.59. The van der Waals surface area contributed by atoms with Crippen molar-refractivity contribution >= 4 is 21.9 Å². The number of hydrogen-bond acceptors (Lipinski definition) is 3. The second-order valence-corrected chi connectivity index (χ2v) is 4.27. The van der Waals surface area contributed by atoms with Crippen LogP contribution >= 0.6 is 15.9 Å². The van der Waals surface area contributed by atoms with Crippen molar-refractivity contribution in [2.75, 3.05) is 0 Å². The van der Waals surface area contributed by atoms with Crippen LogP contribution in [0.2, 0.25) is 0 Å². The van der Waals surface area contributed by atoms with Crippen LogP contribution in [-0.2, 0) is 0 Å². The van der Waals surface area contributed by atoms with E-state index in [1.54, 1.807) is 0 Å². The fraction of sp³-hybridized carbons (Fsp3) is 0.100. The highest BCUT2D eigenvalue weighted by Crippen LogP contribution is 2.25. The molecule has 0 saturated heterocycles. The zero-order chi connectivity index (χ0) is 13.4. The van der Waals surface area contributed by atoms with Gasteiger partial charge < -0.3 is 5.11 Å². The standard InChI is InChI=1S/C10H6BrF2N3O2/c1-4-14-9(10(17)18)15-16(4)8-6(11)2-5(12)3-7(8)13/h2-3H,1H3,(H,17,18). The van der Waals surface area contributed by atoms with Crippen LogP contribution in [0.4, 0.5) is 8.78 Å². The molecule has 0 bridgehead atoms. The quantitative estimate of drug-likeness (QED) is 0.923. The van der Waals surface area contributed by atoms with Gasteiger partial charge in [0.25, 0.3) is 5.82 Å². The van der Waals surface area contributed by atoms with Crippen molar-refractivity contribution in [2.24, 2.45) is 0 Å². The summed E-state index contributed by atoms with van der Waals surface area (Å²) in [6.07, 6.45) is 0. The molecule has 1 aromatic heterocycles. The highest BCUT2D eigenvalue weighted by atomic mass is 79.9. The lowest BCUT2D eigenvalue weighted by atomic mass is 10.3. The third-order valence-electron chi connectivity index (χ3n) is 2.15. The SMILES string of the molecule is Cc1nc(C(=O)O)nn1-c1c(F)cc(F)cc1Br. The summed E-state index contributed by atoms with van der Waals surface area (Å²) < 4.78 is 27.7. The van der Waals surface area contributed by atoms with Crippen LogP contribution in [0.25, 0.3) is 5.69 Å². The molecular weight excluding hydrogens is 312 g/mol. The van der Waals surface area contributed by atoms with Crippen molar-refractivity contribution in [3.63, 3.8) is 0 Å². The van der Waals surface area contributed by atoms with Gasteiger partial charge in [-0.05, 0) is 28.9 Å². The normalized spacial score (nSPS) is 10.7. The van der Waals surface area contributed by atoms with E-state index in [9.17, 15) is 13.6 Å². The fourth-order valence-corrected chi connectivity index (χ4v) is 2.01. The Bertz CT molecular complexity index is 619. The van der Waals surface area contributed by atoms with Crippen LogP contribution < -0.4 is 0 Å². The Hall–Kier alpha value is -1.83. The minimum atomic E-state index is -1.32. The van der Waals surface area contributed by atoms with Gasteiger partial charge in [0, 0.05) is 10.5 Å². The first-order chi connectivity index (χ1) is 8.40. The summed E-state index contributed by atoms with van der Waals surface area (Å²) in [5, 5.41) is 12.4. The molecule has 0 saturated carbocycles.